The number of aromatic nitrogens is 3. The number of aromatic hydroxyl groups is 1. The quantitative estimate of drug-likeness (QED) is 0.182. The number of fused-ring (bicyclic) bond motifs is 4. The van der Waals surface area contributed by atoms with Crippen molar-refractivity contribution < 1.29 is 5.11 Å². The van der Waals surface area contributed by atoms with Crippen LogP contribution in [-0.2, 0) is 10.8 Å². The van der Waals surface area contributed by atoms with Crippen LogP contribution in [0.3, 0.4) is 0 Å². The summed E-state index contributed by atoms with van der Waals surface area (Å²) in [5.74, 6) is 0.200. The van der Waals surface area contributed by atoms with E-state index in [0.29, 0.717) is 11.3 Å². The van der Waals surface area contributed by atoms with Crippen LogP contribution in [0.25, 0.3) is 94.3 Å². The van der Waals surface area contributed by atoms with Gasteiger partial charge < -0.3 is 9.67 Å². The van der Waals surface area contributed by atoms with Crippen molar-refractivity contribution in [2.75, 3.05) is 0 Å². The smallest absolute Gasteiger partial charge is 0.124 e. The van der Waals surface area contributed by atoms with E-state index in [2.05, 4.69) is 192 Å². The summed E-state index contributed by atoms with van der Waals surface area (Å²) in [4.78, 5) is 10.3. The molecule has 4 nitrogen and oxygen atoms in total. The van der Waals surface area contributed by atoms with Crippen molar-refractivity contribution in [3.8, 4) is 67.5 Å². The Morgan fingerprint density at radius 3 is 1.89 bits per heavy atom. The van der Waals surface area contributed by atoms with Crippen molar-refractivity contribution in [3.05, 3.63) is 193 Å². The first kappa shape index (κ1) is 38.9. The predicted molar refractivity (Wildman–Crippen MR) is 260 cm³/mol. The molecule has 0 saturated carbocycles. The summed E-state index contributed by atoms with van der Waals surface area (Å²) in [6, 6.07) is 62.2. The highest BCUT2D eigenvalue weighted by Crippen LogP contribution is 2.41. The zero-order valence-corrected chi connectivity index (χ0v) is 36.1. The minimum absolute atomic E-state index is 0.0417. The van der Waals surface area contributed by atoms with Crippen LogP contribution < -0.4 is 0 Å². The molecule has 0 spiro atoms. The minimum Gasteiger partial charge on any atom is -0.507 e. The Labute approximate surface area is 363 Å². The maximum Gasteiger partial charge on any atom is 0.124 e. The molecule has 3 heterocycles. The fourth-order valence-corrected chi connectivity index (χ4v) is 8.76. The van der Waals surface area contributed by atoms with Crippen LogP contribution in [0.2, 0.25) is 0 Å². The van der Waals surface area contributed by atoms with Gasteiger partial charge in [0.2, 0.25) is 0 Å². The Kier molecular flexibility index (Phi) is 9.41. The van der Waals surface area contributed by atoms with Gasteiger partial charge in [-0.15, -0.1) is 0 Å². The third kappa shape index (κ3) is 7.12. The summed E-state index contributed by atoms with van der Waals surface area (Å²) in [6.45, 7) is 13.6. The van der Waals surface area contributed by atoms with Crippen molar-refractivity contribution in [1.29, 1.82) is 0 Å². The van der Waals surface area contributed by atoms with Gasteiger partial charge in [-0.1, -0.05) is 151 Å². The van der Waals surface area contributed by atoms with Gasteiger partial charge in [0, 0.05) is 44.9 Å². The van der Waals surface area contributed by atoms with Crippen LogP contribution >= 0.6 is 0 Å². The molecule has 0 saturated heterocycles. The molecule has 0 bridgehead atoms. The van der Waals surface area contributed by atoms with Crippen LogP contribution in [0.5, 0.6) is 5.75 Å². The molecule has 0 fully saturated rings. The zero-order valence-electron chi connectivity index (χ0n) is 36.1. The Morgan fingerprint density at radius 1 is 0.435 bits per heavy atom. The van der Waals surface area contributed by atoms with E-state index in [-0.39, 0.29) is 16.6 Å². The number of rotatable bonds is 6. The fraction of sp³-hybridized carbons (Fsp3) is 0.138. The van der Waals surface area contributed by atoms with E-state index >= 15 is 0 Å². The summed E-state index contributed by atoms with van der Waals surface area (Å²) in [6.07, 6.45) is 1.87. The van der Waals surface area contributed by atoms with Gasteiger partial charge in [0.05, 0.1) is 28.1 Å². The molecule has 0 radical (unpaired) electrons. The summed E-state index contributed by atoms with van der Waals surface area (Å²) >= 11 is 0. The standard InChI is InChI=1S/C58H49N3O/c1-57(2,3)44-30-42(31-45(36-44)58(4,5)6)43-34-51(60-52(35-43)49-20-10-12-23-55(49)62)40-17-13-18-41(29-40)56-47(21-14-28-59-56)39-25-27-54-50(33-39)48-19-9-11-22-53(48)61(54)46-26-24-37-15-7-8-16-38(37)32-46/h7-36,62H,1-6H3. The van der Waals surface area contributed by atoms with Gasteiger partial charge in [-0.25, -0.2) is 4.98 Å². The predicted octanol–water partition coefficient (Wildman–Crippen LogP) is 15.4. The highest BCUT2D eigenvalue weighted by Gasteiger charge is 2.23. The lowest BCUT2D eigenvalue weighted by Crippen LogP contribution is -2.16. The molecule has 3 aromatic heterocycles. The molecule has 0 unspecified atom stereocenters. The lowest BCUT2D eigenvalue weighted by molar-refractivity contribution is 0.477. The monoisotopic (exact) mass is 803 g/mol. The number of benzene rings is 7. The molecule has 7 aromatic carbocycles. The first-order valence-corrected chi connectivity index (χ1v) is 21.4. The molecule has 4 heteroatoms. The van der Waals surface area contributed by atoms with E-state index in [1.807, 2.05) is 30.5 Å². The molecule has 1 N–H and O–H groups in total. The minimum atomic E-state index is -0.0417. The molecular weight excluding hydrogens is 755 g/mol. The lowest BCUT2D eigenvalue weighted by Gasteiger charge is -2.26. The van der Waals surface area contributed by atoms with Gasteiger partial charge >= 0.3 is 0 Å². The number of phenols is 1. The van der Waals surface area contributed by atoms with E-state index in [0.717, 1.165) is 56.0 Å². The van der Waals surface area contributed by atoms with Gasteiger partial charge in [0.1, 0.15) is 5.75 Å². The topological polar surface area (TPSA) is 50.9 Å². The average molecular weight is 804 g/mol. The molecule has 0 aliphatic rings. The second-order valence-corrected chi connectivity index (χ2v) is 18.5. The van der Waals surface area contributed by atoms with E-state index < -0.39 is 0 Å². The summed E-state index contributed by atoms with van der Waals surface area (Å²) in [5.41, 5.74) is 15.4. The largest absolute Gasteiger partial charge is 0.507 e. The van der Waals surface area contributed by atoms with Gasteiger partial charge in [-0.3, -0.25) is 4.98 Å². The average Bonchev–Trinajstić information content (AvgIpc) is 3.62. The summed E-state index contributed by atoms with van der Waals surface area (Å²) in [7, 11) is 0. The van der Waals surface area contributed by atoms with Crippen LogP contribution in [-0.4, -0.2) is 19.6 Å². The highest BCUT2D eigenvalue weighted by atomic mass is 16.3. The normalized spacial score (nSPS) is 12.1. The van der Waals surface area contributed by atoms with Gasteiger partial charge in [-0.05, 0) is 116 Å². The molecule has 62 heavy (non-hydrogen) atoms. The number of para-hydroxylation sites is 2. The SMILES string of the molecule is CC(C)(C)c1cc(-c2cc(-c3cccc(-c4ncccc4-c4ccc5c(c4)c4ccccc4n5-c4ccc5ccccc5c4)c3)nc(-c3ccccc3O)c2)cc(C(C)(C)C)c1. The van der Waals surface area contributed by atoms with E-state index in [9.17, 15) is 5.11 Å². The van der Waals surface area contributed by atoms with Gasteiger partial charge in [0.25, 0.3) is 0 Å². The van der Waals surface area contributed by atoms with Crippen LogP contribution in [0.1, 0.15) is 52.7 Å². The Bertz CT molecular complexity index is 3310. The fourth-order valence-electron chi connectivity index (χ4n) is 8.76. The number of hydrogen-bond donors (Lipinski definition) is 1. The van der Waals surface area contributed by atoms with Crippen LogP contribution in [0, 0.1) is 0 Å². The molecule has 10 rings (SSSR count). The van der Waals surface area contributed by atoms with Crippen molar-refractivity contribution in [3.63, 3.8) is 0 Å². The highest BCUT2D eigenvalue weighted by molar-refractivity contribution is 6.11. The second-order valence-electron chi connectivity index (χ2n) is 18.5. The van der Waals surface area contributed by atoms with Crippen molar-refractivity contribution in [2.24, 2.45) is 0 Å². The number of hydrogen-bond acceptors (Lipinski definition) is 3. The third-order valence-corrected chi connectivity index (χ3v) is 12.2. The lowest BCUT2D eigenvalue weighted by atomic mass is 9.79. The Morgan fingerprint density at radius 2 is 1.10 bits per heavy atom. The van der Waals surface area contributed by atoms with Crippen LogP contribution in [0.4, 0.5) is 0 Å². The first-order chi connectivity index (χ1) is 29.9. The maximum atomic E-state index is 11.1. The Balaban J connectivity index is 1.10. The van der Waals surface area contributed by atoms with Crippen molar-refractivity contribution in [1.82, 2.24) is 14.5 Å². The molecule has 10 aromatic rings. The van der Waals surface area contributed by atoms with E-state index in [1.54, 1.807) is 6.07 Å². The van der Waals surface area contributed by atoms with E-state index in [4.69, 9.17) is 9.97 Å². The molecule has 0 amide bonds. The van der Waals surface area contributed by atoms with Gasteiger partial charge in [0.15, 0.2) is 0 Å². The molecule has 0 aliphatic heterocycles. The van der Waals surface area contributed by atoms with Crippen molar-refractivity contribution in [2.45, 2.75) is 52.4 Å². The number of phenolic OH excluding ortho intramolecular Hbond substituents is 1. The molecule has 0 aliphatic carbocycles. The van der Waals surface area contributed by atoms with E-state index in [1.165, 1.54) is 38.2 Å². The number of nitrogens with zero attached hydrogens (tertiary/aromatic N) is 3. The molecule has 0 atom stereocenters. The number of pyridine rings is 2. The zero-order chi connectivity index (χ0) is 42.8. The maximum absolute atomic E-state index is 11.1. The summed E-state index contributed by atoms with van der Waals surface area (Å²) < 4.78 is 2.38. The molecular formula is C58H49N3O. The summed E-state index contributed by atoms with van der Waals surface area (Å²) in [5, 5.41) is 15.9. The molecule has 302 valence electrons. The Hall–Kier alpha value is -7.30. The first-order valence-electron chi connectivity index (χ1n) is 21.4. The second kappa shape index (κ2) is 15.0. The third-order valence-electron chi connectivity index (χ3n) is 12.2. The van der Waals surface area contributed by atoms with Gasteiger partial charge in [-0.2, -0.15) is 0 Å². The van der Waals surface area contributed by atoms with Crippen molar-refractivity contribution >= 4 is 32.6 Å². The van der Waals surface area contributed by atoms with Crippen LogP contribution in [0.15, 0.2) is 182 Å².